The summed E-state index contributed by atoms with van der Waals surface area (Å²) in [6.07, 6.45) is 13.1. The Balaban J connectivity index is 1.23. The number of hydrogen-bond donors (Lipinski definition) is 0. The fourth-order valence-electron chi connectivity index (χ4n) is 4.60. The van der Waals surface area contributed by atoms with Gasteiger partial charge in [-0.1, -0.05) is 5.21 Å². The lowest BCUT2D eigenvalue weighted by Gasteiger charge is -2.13. The molecule has 134 valence electrons. The minimum atomic E-state index is 0.352. The van der Waals surface area contributed by atoms with Gasteiger partial charge in [0.05, 0.1) is 30.2 Å². The van der Waals surface area contributed by atoms with Gasteiger partial charge in [-0.05, 0) is 19.3 Å². The van der Waals surface area contributed by atoms with Crippen molar-refractivity contribution in [3.05, 3.63) is 35.9 Å². The molecule has 6 rings (SSSR count). The van der Waals surface area contributed by atoms with Crippen molar-refractivity contribution in [2.75, 3.05) is 0 Å². The van der Waals surface area contributed by atoms with Crippen LogP contribution in [-0.2, 0) is 38.9 Å². The van der Waals surface area contributed by atoms with E-state index in [1.165, 1.54) is 30.1 Å². The second-order valence-corrected chi connectivity index (χ2v) is 7.79. The fraction of sp³-hybridized carbons (Fsp3) is 0.647. The Bertz CT molecular complexity index is 921. The molecule has 3 aromatic heterocycles. The molecule has 0 saturated carbocycles. The van der Waals surface area contributed by atoms with Crippen LogP contribution in [0.2, 0.25) is 0 Å². The monoisotopic (exact) mass is 353 g/mol. The van der Waals surface area contributed by atoms with Crippen molar-refractivity contribution in [1.82, 2.24) is 34.7 Å². The number of rotatable bonds is 2. The van der Waals surface area contributed by atoms with E-state index in [9.17, 15) is 0 Å². The molecule has 6 heterocycles. The predicted octanol–water partition coefficient (Wildman–Crippen LogP) is -0.433. The van der Waals surface area contributed by atoms with Gasteiger partial charge in [0.2, 0.25) is 6.33 Å². The summed E-state index contributed by atoms with van der Waals surface area (Å²) < 4.78 is 10.8. The molecular formula is C17H23N9+2. The molecule has 9 nitrogen and oxygen atoms in total. The molecule has 9 heteroatoms. The summed E-state index contributed by atoms with van der Waals surface area (Å²) in [7, 11) is 0. The summed E-state index contributed by atoms with van der Waals surface area (Å²) in [5.74, 6) is 1.24. The highest BCUT2D eigenvalue weighted by Crippen LogP contribution is 2.24. The van der Waals surface area contributed by atoms with E-state index in [0.29, 0.717) is 12.1 Å². The first kappa shape index (κ1) is 14.6. The van der Waals surface area contributed by atoms with Crippen LogP contribution in [0.1, 0.15) is 48.6 Å². The number of nitrogens with zero attached hydrogens (tertiary/aromatic N) is 9. The maximum Gasteiger partial charge on any atom is 0.277 e. The van der Waals surface area contributed by atoms with E-state index < -0.39 is 0 Å². The third-order valence-corrected chi connectivity index (χ3v) is 6.09. The summed E-state index contributed by atoms with van der Waals surface area (Å²) in [4.78, 5) is 0. The standard InChI is InChI=1S/C17H23N9/c1-2-6-22-12-26(19-17(22)3-1)14-5-4-13-9-25(21-24(13)10-14)16-7-15-8-18-20-23(15)11-16/h8-9,12,14,16H,1-7,10-11H2/q+2. The van der Waals surface area contributed by atoms with Gasteiger partial charge in [0.25, 0.3) is 5.82 Å². The molecule has 0 saturated heterocycles. The Kier molecular flexibility index (Phi) is 3.06. The quantitative estimate of drug-likeness (QED) is 0.586. The molecular weight excluding hydrogens is 330 g/mol. The Morgan fingerprint density at radius 2 is 2.08 bits per heavy atom. The fourth-order valence-corrected chi connectivity index (χ4v) is 4.60. The van der Waals surface area contributed by atoms with Gasteiger partial charge in [0.15, 0.2) is 24.5 Å². The van der Waals surface area contributed by atoms with Crippen molar-refractivity contribution in [3.8, 4) is 0 Å². The molecule has 0 fully saturated rings. The number of hydrogen-bond acceptors (Lipinski definition) is 4. The van der Waals surface area contributed by atoms with E-state index in [4.69, 9.17) is 10.3 Å². The van der Waals surface area contributed by atoms with Crippen LogP contribution in [0, 0.1) is 0 Å². The van der Waals surface area contributed by atoms with Crippen molar-refractivity contribution in [3.63, 3.8) is 0 Å². The normalized spacial score (nSPS) is 24.3. The van der Waals surface area contributed by atoms with Gasteiger partial charge in [-0.2, -0.15) is 0 Å². The average Bonchev–Trinajstić information content (AvgIpc) is 3.40. The third kappa shape index (κ3) is 2.22. The second kappa shape index (κ2) is 5.46. The largest absolute Gasteiger partial charge is 0.277 e. The molecule has 26 heavy (non-hydrogen) atoms. The summed E-state index contributed by atoms with van der Waals surface area (Å²) in [6.45, 7) is 2.88. The van der Waals surface area contributed by atoms with Gasteiger partial charge in [-0.25, -0.2) is 9.25 Å². The topological polar surface area (TPSA) is 74.1 Å². The molecule has 0 spiro atoms. The van der Waals surface area contributed by atoms with Gasteiger partial charge in [-0.15, -0.1) is 19.1 Å². The Morgan fingerprint density at radius 1 is 1.08 bits per heavy atom. The van der Waals surface area contributed by atoms with E-state index in [0.717, 1.165) is 45.3 Å². The predicted molar refractivity (Wildman–Crippen MR) is 87.9 cm³/mol. The van der Waals surface area contributed by atoms with Crippen LogP contribution in [0.4, 0.5) is 0 Å². The number of fused-ring (bicyclic) bond motifs is 3. The van der Waals surface area contributed by atoms with Crippen molar-refractivity contribution in [2.45, 2.75) is 70.2 Å². The lowest BCUT2D eigenvalue weighted by molar-refractivity contribution is -0.778. The summed E-state index contributed by atoms with van der Waals surface area (Å²) in [5, 5.41) is 17.9. The minimum Gasteiger partial charge on any atom is -0.245 e. The third-order valence-electron chi connectivity index (χ3n) is 6.09. The average molecular weight is 353 g/mol. The molecule has 2 atom stereocenters. The van der Waals surface area contributed by atoms with Gasteiger partial charge in [-0.3, -0.25) is 0 Å². The van der Waals surface area contributed by atoms with Crippen LogP contribution in [0.15, 0.2) is 18.7 Å². The number of aromatic nitrogens is 9. The van der Waals surface area contributed by atoms with Gasteiger partial charge < -0.3 is 0 Å². The van der Waals surface area contributed by atoms with Crippen LogP contribution < -0.4 is 9.25 Å². The molecule has 3 aliphatic heterocycles. The lowest BCUT2D eigenvalue weighted by Crippen LogP contribution is -2.43. The molecule has 0 bridgehead atoms. The zero-order valence-corrected chi connectivity index (χ0v) is 14.8. The van der Waals surface area contributed by atoms with Crippen LogP contribution in [0.3, 0.4) is 0 Å². The highest BCUT2D eigenvalue weighted by atomic mass is 15.5. The van der Waals surface area contributed by atoms with Crippen molar-refractivity contribution in [1.29, 1.82) is 0 Å². The highest BCUT2D eigenvalue weighted by molar-refractivity contribution is 5.01. The zero-order chi connectivity index (χ0) is 17.1. The summed E-state index contributed by atoms with van der Waals surface area (Å²) in [5.41, 5.74) is 2.53. The van der Waals surface area contributed by atoms with Crippen LogP contribution >= 0.6 is 0 Å². The van der Waals surface area contributed by atoms with Crippen molar-refractivity contribution in [2.24, 2.45) is 0 Å². The van der Waals surface area contributed by atoms with E-state index >= 15 is 0 Å². The molecule has 0 aliphatic carbocycles. The molecule has 0 aromatic carbocycles. The van der Waals surface area contributed by atoms with Crippen LogP contribution in [-0.4, -0.2) is 34.7 Å². The molecule has 0 radical (unpaired) electrons. The first-order valence-corrected chi connectivity index (χ1v) is 9.66. The molecule has 0 amide bonds. The summed E-state index contributed by atoms with van der Waals surface area (Å²) in [6, 6.07) is 0.752. The van der Waals surface area contributed by atoms with E-state index in [1.807, 2.05) is 10.9 Å². The first-order valence-electron chi connectivity index (χ1n) is 9.66. The van der Waals surface area contributed by atoms with E-state index in [-0.39, 0.29) is 0 Å². The van der Waals surface area contributed by atoms with E-state index in [2.05, 4.69) is 41.4 Å². The summed E-state index contributed by atoms with van der Waals surface area (Å²) >= 11 is 0. The van der Waals surface area contributed by atoms with Crippen molar-refractivity contribution < 1.29 is 9.25 Å². The Hall–Kier alpha value is -2.58. The highest BCUT2D eigenvalue weighted by Gasteiger charge is 2.36. The zero-order valence-electron chi connectivity index (χ0n) is 14.8. The van der Waals surface area contributed by atoms with Crippen LogP contribution in [0.25, 0.3) is 0 Å². The second-order valence-electron chi connectivity index (χ2n) is 7.79. The number of aryl methyl sites for hydroxylation is 3. The van der Waals surface area contributed by atoms with Crippen molar-refractivity contribution >= 4 is 0 Å². The smallest absolute Gasteiger partial charge is 0.245 e. The van der Waals surface area contributed by atoms with Gasteiger partial charge >= 0.3 is 0 Å². The maximum atomic E-state index is 4.88. The Labute approximate surface area is 150 Å². The first-order chi connectivity index (χ1) is 12.8. The SMILES string of the molecule is c1nnn2c1CC([n+]1cc3n(n1)CC(n1c[n+]4c(n1)CCCC4)CC3)C2. The molecule has 3 aromatic rings. The molecule has 3 aliphatic rings. The van der Waals surface area contributed by atoms with Gasteiger partial charge in [0.1, 0.15) is 6.04 Å². The molecule has 2 unspecified atom stereocenters. The molecule has 0 N–H and O–H groups in total. The Morgan fingerprint density at radius 3 is 3.00 bits per heavy atom. The maximum absolute atomic E-state index is 4.88. The van der Waals surface area contributed by atoms with Crippen LogP contribution in [0.5, 0.6) is 0 Å². The lowest BCUT2D eigenvalue weighted by atomic mass is 10.1. The minimum absolute atomic E-state index is 0.352. The van der Waals surface area contributed by atoms with E-state index in [1.54, 1.807) is 0 Å². The van der Waals surface area contributed by atoms with Gasteiger partial charge in [0, 0.05) is 24.4 Å².